The van der Waals surface area contributed by atoms with E-state index in [9.17, 15) is 33.9 Å². The van der Waals surface area contributed by atoms with E-state index >= 15 is 0 Å². The van der Waals surface area contributed by atoms with Gasteiger partial charge >= 0.3 is 6.03 Å². The highest BCUT2D eigenvalue weighted by atomic mass is 16.3. The minimum Gasteiger partial charge on any atom is -0.508 e. The smallest absolute Gasteiger partial charge is 0.321 e. The fourth-order valence-corrected chi connectivity index (χ4v) is 6.70. The fourth-order valence-electron chi connectivity index (χ4n) is 6.70. The number of guanidine groups is 1. The van der Waals surface area contributed by atoms with Gasteiger partial charge in [0.25, 0.3) is 0 Å². The number of nitrogens with zero attached hydrogens (tertiary/aromatic N) is 2. The highest BCUT2D eigenvalue weighted by Gasteiger charge is 2.34. The van der Waals surface area contributed by atoms with E-state index in [0.29, 0.717) is 64.1 Å². The van der Waals surface area contributed by atoms with Crippen LogP contribution in [0.4, 0.5) is 10.5 Å². The standard InChI is InChI=1S/C44H62N12O7/c1-2-37(58)50-24-25-52-44(63)55-43(46)51-20-6-12-36(41(61)53-27-30-13-15-35(57)16-14-30)54-42(62)40(56-28-32-8-3-4-9-33(32)29-56)31-10-5-11-34(26-31)47-21-7-22-48-38(59)17-18-39(60)49-23-19-45/h3-5,8-11,13-16,26,36,40,47,57H,2,6-7,12,17-25,27-29,45H2,1H3,(H,48,59)(H,49,60)(H,50,58)(H,53,61)(H,54,62)(H4,46,51,52,55,63)/t36-,40+/m1/s1. The van der Waals surface area contributed by atoms with Crippen LogP contribution < -0.4 is 54.0 Å². The maximum absolute atomic E-state index is 14.6. The lowest BCUT2D eigenvalue weighted by Crippen LogP contribution is -2.50. The van der Waals surface area contributed by atoms with Crippen molar-refractivity contribution in [3.05, 3.63) is 95.1 Å². The number of nitrogens with two attached hydrogens (primary N) is 2. The molecule has 0 saturated heterocycles. The molecule has 63 heavy (non-hydrogen) atoms. The van der Waals surface area contributed by atoms with Crippen LogP contribution in [0.1, 0.15) is 73.7 Å². The van der Waals surface area contributed by atoms with Crippen LogP contribution in [0, 0.1) is 0 Å². The number of fused-ring (bicyclic) bond motifs is 1. The summed E-state index contributed by atoms with van der Waals surface area (Å²) in [4.78, 5) is 82.3. The van der Waals surface area contributed by atoms with Gasteiger partial charge in [-0.1, -0.05) is 55.5 Å². The largest absolute Gasteiger partial charge is 0.508 e. The second-order valence-electron chi connectivity index (χ2n) is 14.9. The van der Waals surface area contributed by atoms with Crippen LogP contribution in [0.25, 0.3) is 0 Å². The Hall–Kier alpha value is -6.73. The molecule has 19 nitrogen and oxygen atoms in total. The van der Waals surface area contributed by atoms with E-state index in [0.717, 1.165) is 22.4 Å². The van der Waals surface area contributed by atoms with E-state index < -0.39 is 24.0 Å². The second-order valence-corrected chi connectivity index (χ2v) is 14.9. The van der Waals surface area contributed by atoms with Crippen LogP contribution in [0.5, 0.6) is 5.75 Å². The highest BCUT2D eigenvalue weighted by Crippen LogP contribution is 2.33. The summed E-state index contributed by atoms with van der Waals surface area (Å²) in [6.07, 6.45) is 1.65. The number of carbonyl (C=O) groups is 6. The van der Waals surface area contributed by atoms with Crippen molar-refractivity contribution in [3.63, 3.8) is 0 Å². The molecular weight excluding hydrogens is 809 g/mol. The molecule has 0 aromatic heterocycles. The van der Waals surface area contributed by atoms with Crippen LogP contribution in [0.2, 0.25) is 0 Å². The number of urea groups is 1. The Morgan fingerprint density at radius 1 is 0.746 bits per heavy atom. The molecule has 2 atom stereocenters. The molecule has 4 rings (SSSR count). The van der Waals surface area contributed by atoms with Gasteiger partial charge in [-0.25, -0.2) is 4.79 Å². The molecule has 7 amide bonds. The zero-order valence-corrected chi connectivity index (χ0v) is 35.8. The quantitative estimate of drug-likeness (QED) is 0.0324. The average Bonchev–Trinajstić information content (AvgIpc) is 3.70. The Bertz CT molecular complexity index is 1990. The van der Waals surface area contributed by atoms with Gasteiger partial charge in [0.15, 0.2) is 5.96 Å². The van der Waals surface area contributed by atoms with Crippen molar-refractivity contribution in [1.82, 2.24) is 42.1 Å². The van der Waals surface area contributed by atoms with Gasteiger partial charge in [-0.2, -0.15) is 0 Å². The number of hydrogen-bond acceptors (Lipinski definition) is 11. The lowest BCUT2D eigenvalue weighted by molar-refractivity contribution is -0.132. The third kappa shape index (κ3) is 17.6. The maximum Gasteiger partial charge on any atom is 0.321 e. The third-order valence-corrected chi connectivity index (χ3v) is 10.00. The first kappa shape index (κ1) is 48.9. The molecule has 0 bridgehead atoms. The number of hydrogen-bond donors (Lipinski definition) is 11. The molecule has 1 aliphatic heterocycles. The number of aliphatic imine (C=N–C) groups is 1. The van der Waals surface area contributed by atoms with Crippen molar-refractivity contribution in [1.29, 1.82) is 0 Å². The number of anilines is 1. The Labute approximate surface area is 368 Å². The summed E-state index contributed by atoms with van der Waals surface area (Å²) >= 11 is 0. The SMILES string of the molecule is CCC(=O)NCCNC(=O)NC(N)=NCCC[C@@H](NC(=O)[C@H](c1cccc(NCCCNC(=O)CCC(=O)NCCN)c1)N1Cc2ccccc2C1)C(=O)NCc1ccc(O)cc1. The lowest BCUT2D eigenvalue weighted by Gasteiger charge is -2.29. The van der Waals surface area contributed by atoms with Crippen molar-refractivity contribution >= 4 is 47.2 Å². The summed E-state index contributed by atoms with van der Waals surface area (Å²) in [6, 6.07) is 19.7. The van der Waals surface area contributed by atoms with E-state index in [1.54, 1.807) is 19.1 Å². The van der Waals surface area contributed by atoms with Gasteiger partial charge in [-0.3, -0.25) is 39.2 Å². The molecular formula is C44H62N12O7. The van der Waals surface area contributed by atoms with Crippen LogP contribution in [0.3, 0.4) is 0 Å². The summed E-state index contributed by atoms with van der Waals surface area (Å²) in [5.41, 5.74) is 15.8. The molecule has 13 N–H and O–H groups in total. The van der Waals surface area contributed by atoms with Gasteiger partial charge in [-0.15, -0.1) is 0 Å². The van der Waals surface area contributed by atoms with E-state index in [2.05, 4.69) is 52.4 Å². The van der Waals surface area contributed by atoms with Crippen LogP contribution in [0.15, 0.2) is 77.8 Å². The van der Waals surface area contributed by atoms with Crippen molar-refractivity contribution in [2.24, 2.45) is 16.5 Å². The predicted octanol–water partition coefficient (Wildman–Crippen LogP) is 0.944. The second kappa shape index (κ2) is 26.6. The topological polar surface area (TPSA) is 287 Å². The molecule has 0 aliphatic carbocycles. The molecule has 340 valence electrons. The monoisotopic (exact) mass is 870 g/mol. The number of aromatic hydroxyl groups is 1. The van der Waals surface area contributed by atoms with Crippen LogP contribution >= 0.6 is 0 Å². The molecule has 1 aliphatic rings. The van der Waals surface area contributed by atoms with Gasteiger partial charge in [-0.05, 0) is 65.8 Å². The minimum atomic E-state index is -0.968. The number of phenols is 1. The molecule has 1 heterocycles. The van der Waals surface area contributed by atoms with Gasteiger partial charge in [0, 0.05) is 90.4 Å². The van der Waals surface area contributed by atoms with Gasteiger partial charge in [0.1, 0.15) is 17.8 Å². The maximum atomic E-state index is 14.6. The number of benzene rings is 3. The van der Waals surface area contributed by atoms with Crippen molar-refractivity contribution in [3.8, 4) is 5.75 Å². The number of rotatable bonds is 25. The van der Waals surface area contributed by atoms with Gasteiger partial charge in [0.05, 0.1) is 0 Å². The van der Waals surface area contributed by atoms with E-state index in [-0.39, 0.29) is 80.8 Å². The summed E-state index contributed by atoms with van der Waals surface area (Å²) in [5, 5.41) is 32.2. The van der Waals surface area contributed by atoms with E-state index in [1.165, 1.54) is 12.1 Å². The summed E-state index contributed by atoms with van der Waals surface area (Å²) in [6.45, 7) is 5.15. The van der Waals surface area contributed by atoms with Crippen molar-refractivity contribution in [2.45, 2.75) is 77.2 Å². The molecule has 0 spiro atoms. The Balaban J connectivity index is 1.42. The molecule has 0 fully saturated rings. The fraction of sp³-hybridized carbons (Fsp3) is 0.432. The third-order valence-electron chi connectivity index (χ3n) is 10.00. The van der Waals surface area contributed by atoms with Crippen LogP contribution in [-0.4, -0.2) is 103 Å². The molecule has 0 radical (unpaired) electrons. The first-order valence-electron chi connectivity index (χ1n) is 21.3. The van der Waals surface area contributed by atoms with E-state index in [4.69, 9.17) is 11.5 Å². The van der Waals surface area contributed by atoms with E-state index in [1.807, 2.05) is 48.5 Å². The van der Waals surface area contributed by atoms with Gasteiger partial charge < -0.3 is 53.8 Å². The summed E-state index contributed by atoms with van der Waals surface area (Å²) < 4.78 is 0. The molecule has 0 unspecified atom stereocenters. The van der Waals surface area contributed by atoms with Crippen LogP contribution in [-0.2, 0) is 43.6 Å². The first-order valence-corrected chi connectivity index (χ1v) is 21.3. The first-order chi connectivity index (χ1) is 30.4. The van der Waals surface area contributed by atoms with Crippen molar-refractivity contribution in [2.75, 3.05) is 51.1 Å². The minimum absolute atomic E-state index is 0.0840. The van der Waals surface area contributed by atoms with Crippen molar-refractivity contribution < 1.29 is 33.9 Å². The lowest BCUT2D eigenvalue weighted by atomic mass is 10.0. The molecule has 3 aromatic rings. The number of nitrogens with one attached hydrogen (secondary N) is 8. The zero-order valence-electron chi connectivity index (χ0n) is 35.8. The summed E-state index contributed by atoms with van der Waals surface area (Å²) in [7, 11) is 0. The highest BCUT2D eigenvalue weighted by molar-refractivity contribution is 5.95. The zero-order chi connectivity index (χ0) is 45.4. The Morgan fingerprint density at radius 3 is 2.10 bits per heavy atom. The number of carbonyl (C=O) groups excluding carboxylic acids is 6. The molecule has 3 aromatic carbocycles. The molecule has 19 heteroatoms. The van der Waals surface area contributed by atoms with Gasteiger partial charge in [0.2, 0.25) is 29.5 Å². The summed E-state index contributed by atoms with van der Waals surface area (Å²) in [5.74, 6) is -1.39. The predicted molar refractivity (Wildman–Crippen MR) is 240 cm³/mol. The Morgan fingerprint density at radius 2 is 1.41 bits per heavy atom. The number of amides is 7. The number of phenolic OH excluding ortho intramolecular Hbond substituents is 1. The normalized spacial score (nSPS) is 13.1. The molecule has 0 saturated carbocycles. The average molecular weight is 871 g/mol. The Kier molecular flexibility index (Phi) is 20.6.